The van der Waals surface area contributed by atoms with Gasteiger partial charge in [0.15, 0.2) is 0 Å². The molecule has 1 atom stereocenters. The van der Waals surface area contributed by atoms with Gasteiger partial charge in [0.05, 0.1) is 6.07 Å². The lowest BCUT2D eigenvalue weighted by molar-refractivity contribution is 0.163. The lowest BCUT2D eigenvalue weighted by Crippen LogP contribution is -2.49. The van der Waals surface area contributed by atoms with Crippen LogP contribution in [0.2, 0.25) is 5.02 Å². The monoisotopic (exact) mass is 395 g/mol. The van der Waals surface area contributed by atoms with Crippen molar-refractivity contribution in [2.75, 3.05) is 26.2 Å². The van der Waals surface area contributed by atoms with Crippen molar-refractivity contribution in [2.24, 2.45) is 0 Å². The zero-order chi connectivity index (χ0) is 18.0. The van der Waals surface area contributed by atoms with Gasteiger partial charge in [-0.2, -0.15) is 9.57 Å². The van der Waals surface area contributed by atoms with E-state index >= 15 is 0 Å². The van der Waals surface area contributed by atoms with Crippen molar-refractivity contribution in [2.45, 2.75) is 17.2 Å². The number of halogens is 1. The highest BCUT2D eigenvalue weighted by Crippen LogP contribution is 2.28. The molecule has 0 saturated carbocycles. The summed E-state index contributed by atoms with van der Waals surface area (Å²) in [5, 5.41) is 10.2. The van der Waals surface area contributed by atoms with E-state index < -0.39 is 16.1 Å². The summed E-state index contributed by atoms with van der Waals surface area (Å²) in [4.78, 5) is 2.97. The SMILES string of the molecule is Cc1ccc(S(=O)(=O)N2CCN(C(C#N)c3cccc(Cl)c3)CC2)s1. The second-order valence-corrected chi connectivity index (χ2v) is 9.78. The molecule has 1 aromatic carbocycles. The van der Waals surface area contributed by atoms with E-state index in [4.69, 9.17) is 11.6 Å². The van der Waals surface area contributed by atoms with E-state index in [-0.39, 0.29) is 0 Å². The molecule has 1 saturated heterocycles. The average Bonchev–Trinajstić information content (AvgIpc) is 3.03. The molecule has 25 heavy (non-hydrogen) atoms. The van der Waals surface area contributed by atoms with Crippen LogP contribution in [0, 0.1) is 18.3 Å². The molecule has 132 valence electrons. The van der Waals surface area contributed by atoms with Crippen molar-refractivity contribution >= 4 is 33.0 Å². The minimum absolute atomic E-state index is 0.373. The topological polar surface area (TPSA) is 64.4 Å². The Morgan fingerprint density at radius 3 is 2.48 bits per heavy atom. The number of nitrogens with zero attached hydrogens (tertiary/aromatic N) is 3. The van der Waals surface area contributed by atoms with Gasteiger partial charge in [0, 0.05) is 36.1 Å². The molecule has 1 fully saturated rings. The number of benzene rings is 1. The van der Waals surface area contributed by atoms with Crippen molar-refractivity contribution in [1.82, 2.24) is 9.21 Å². The predicted octanol–water partition coefficient (Wildman–Crippen LogP) is 3.28. The Balaban J connectivity index is 1.72. The second-order valence-electron chi connectivity index (χ2n) is 5.89. The third-order valence-electron chi connectivity index (χ3n) is 4.23. The Hall–Kier alpha value is -1.43. The van der Waals surface area contributed by atoms with Crippen LogP contribution in [0.4, 0.5) is 0 Å². The van der Waals surface area contributed by atoms with E-state index in [9.17, 15) is 13.7 Å². The van der Waals surface area contributed by atoms with E-state index in [1.807, 2.05) is 30.0 Å². The van der Waals surface area contributed by atoms with Gasteiger partial charge in [-0.25, -0.2) is 8.42 Å². The summed E-state index contributed by atoms with van der Waals surface area (Å²) in [6.07, 6.45) is 0. The predicted molar refractivity (Wildman–Crippen MR) is 99.2 cm³/mol. The van der Waals surface area contributed by atoms with Gasteiger partial charge in [0.1, 0.15) is 10.3 Å². The molecule has 0 N–H and O–H groups in total. The first-order valence-corrected chi connectivity index (χ1v) is 10.5. The smallest absolute Gasteiger partial charge is 0.252 e. The Bertz CT molecular complexity index is 897. The third kappa shape index (κ3) is 3.89. The summed E-state index contributed by atoms with van der Waals surface area (Å²) in [6.45, 7) is 3.66. The van der Waals surface area contributed by atoms with Gasteiger partial charge in [0.25, 0.3) is 10.0 Å². The lowest BCUT2D eigenvalue weighted by Gasteiger charge is -2.36. The fraction of sp³-hybridized carbons (Fsp3) is 0.353. The molecule has 2 aromatic rings. The molecule has 1 aliphatic rings. The second kappa shape index (κ2) is 7.44. The van der Waals surface area contributed by atoms with Crippen LogP contribution in [0.15, 0.2) is 40.6 Å². The van der Waals surface area contributed by atoms with Crippen molar-refractivity contribution in [1.29, 1.82) is 5.26 Å². The van der Waals surface area contributed by atoms with E-state index in [1.54, 1.807) is 18.2 Å². The van der Waals surface area contributed by atoms with Crippen LogP contribution < -0.4 is 0 Å². The molecule has 0 spiro atoms. The summed E-state index contributed by atoms with van der Waals surface area (Å²) >= 11 is 7.31. The molecule has 0 aliphatic carbocycles. The third-order valence-corrected chi connectivity index (χ3v) is 7.84. The van der Waals surface area contributed by atoms with Gasteiger partial charge in [-0.1, -0.05) is 23.7 Å². The maximum atomic E-state index is 12.7. The number of aryl methyl sites for hydroxylation is 1. The van der Waals surface area contributed by atoms with Gasteiger partial charge in [-0.15, -0.1) is 11.3 Å². The number of thiophene rings is 1. The Labute approximate surface area is 157 Å². The Morgan fingerprint density at radius 1 is 1.20 bits per heavy atom. The molecule has 0 amide bonds. The number of sulfonamides is 1. The molecule has 2 heterocycles. The van der Waals surface area contributed by atoms with Crippen LogP contribution in [0.3, 0.4) is 0 Å². The fourth-order valence-corrected chi connectivity index (χ4v) is 5.98. The first-order chi connectivity index (χ1) is 11.9. The largest absolute Gasteiger partial charge is 0.282 e. The maximum Gasteiger partial charge on any atom is 0.252 e. The zero-order valence-electron chi connectivity index (χ0n) is 13.7. The molecule has 3 rings (SSSR count). The molecular formula is C17H18ClN3O2S2. The molecule has 5 nitrogen and oxygen atoms in total. The normalized spacial score (nSPS) is 18.0. The van der Waals surface area contributed by atoms with Gasteiger partial charge >= 0.3 is 0 Å². The molecular weight excluding hydrogens is 378 g/mol. The number of hydrogen-bond acceptors (Lipinski definition) is 5. The minimum Gasteiger partial charge on any atom is -0.282 e. The summed E-state index contributed by atoms with van der Waals surface area (Å²) in [6, 6.07) is 12.6. The summed E-state index contributed by atoms with van der Waals surface area (Å²) in [5.74, 6) is 0. The summed E-state index contributed by atoms with van der Waals surface area (Å²) in [5.41, 5.74) is 0.834. The molecule has 1 aromatic heterocycles. The fourth-order valence-electron chi connectivity index (χ4n) is 2.92. The number of nitriles is 1. The van der Waals surface area contributed by atoms with E-state index in [0.29, 0.717) is 35.4 Å². The average molecular weight is 396 g/mol. The van der Waals surface area contributed by atoms with E-state index in [1.165, 1.54) is 15.6 Å². The van der Waals surface area contributed by atoms with Crippen molar-refractivity contribution in [3.8, 4) is 6.07 Å². The minimum atomic E-state index is -3.45. The number of rotatable bonds is 4. The Morgan fingerprint density at radius 2 is 1.92 bits per heavy atom. The molecule has 0 radical (unpaired) electrons. The zero-order valence-corrected chi connectivity index (χ0v) is 16.1. The summed E-state index contributed by atoms with van der Waals surface area (Å²) < 4.78 is 27.3. The summed E-state index contributed by atoms with van der Waals surface area (Å²) in [7, 11) is -3.45. The van der Waals surface area contributed by atoms with Crippen LogP contribution in [0.25, 0.3) is 0 Å². The first-order valence-electron chi connectivity index (χ1n) is 7.87. The molecule has 8 heteroatoms. The van der Waals surface area contributed by atoms with Crippen molar-refractivity contribution in [3.63, 3.8) is 0 Å². The van der Waals surface area contributed by atoms with Gasteiger partial charge in [-0.3, -0.25) is 4.90 Å². The highest BCUT2D eigenvalue weighted by molar-refractivity contribution is 7.91. The van der Waals surface area contributed by atoms with Crippen molar-refractivity contribution < 1.29 is 8.42 Å². The molecule has 1 aliphatic heterocycles. The van der Waals surface area contributed by atoms with Crippen LogP contribution in [-0.4, -0.2) is 43.8 Å². The van der Waals surface area contributed by atoms with E-state index in [2.05, 4.69) is 6.07 Å². The van der Waals surface area contributed by atoms with Crippen molar-refractivity contribution in [3.05, 3.63) is 51.9 Å². The lowest BCUT2D eigenvalue weighted by atomic mass is 10.1. The molecule has 1 unspecified atom stereocenters. The van der Waals surface area contributed by atoms with Gasteiger partial charge < -0.3 is 0 Å². The standard InChI is InChI=1S/C17H18ClN3O2S2/c1-13-5-6-17(24-13)25(22,23)21-9-7-20(8-10-21)16(12-19)14-3-2-4-15(18)11-14/h2-6,11,16H,7-10H2,1H3. The molecule has 0 bridgehead atoms. The number of piperazine rings is 1. The van der Waals surface area contributed by atoms with E-state index in [0.717, 1.165) is 10.4 Å². The van der Waals surface area contributed by atoms with Crippen LogP contribution >= 0.6 is 22.9 Å². The van der Waals surface area contributed by atoms with Gasteiger partial charge in [-0.05, 0) is 36.8 Å². The van der Waals surface area contributed by atoms with Crippen LogP contribution in [-0.2, 0) is 10.0 Å². The highest BCUT2D eigenvalue weighted by Gasteiger charge is 2.32. The quantitative estimate of drug-likeness (QED) is 0.796. The highest BCUT2D eigenvalue weighted by atomic mass is 35.5. The first kappa shape index (κ1) is 18.4. The maximum absolute atomic E-state index is 12.7. The Kier molecular flexibility index (Phi) is 5.46. The van der Waals surface area contributed by atoms with Crippen LogP contribution in [0.1, 0.15) is 16.5 Å². The number of hydrogen-bond donors (Lipinski definition) is 0. The van der Waals surface area contributed by atoms with Crippen LogP contribution in [0.5, 0.6) is 0 Å². The van der Waals surface area contributed by atoms with Gasteiger partial charge in [0.2, 0.25) is 0 Å².